The Labute approximate surface area is 96.0 Å². The largest absolute Gasteiger partial charge is 0.479 e. The number of hydrogen-bond donors (Lipinski definition) is 1. The van der Waals surface area contributed by atoms with E-state index in [4.69, 9.17) is 15.0 Å². The van der Waals surface area contributed by atoms with Crippen LogP contribution >= 0.6 is 0 Å². The molecular formula is C11H10F2N2O2. The molecule has 1 aromatic heterocycles. The van der Waals surface area contributed by atoms with Crippen molar-refractivity contribution in [3.05, 3.63) is 47.4 Å². The molecule has 0 spiro atoms. The normalized spacial score (nSPS) is 10.5. The van der Waals surface area contributed by atoms with E-state index in [9.17, 15) is 8.78 Å². The second-order valence-electron chi connectivity index (χ2n) is 3.36. The van der Waals surface area contributed by atoms with Crippen LogP contribution in [0.1, 0.15) is 11.3 Å². The minimum Gasteiger partial charge on any atom is -0.479 e. The molecule has 0 saturated heterocycles. The fraction of sp³-hybridized carbons (Fsp3) is 0.182. The molecule has 1 heterocycles. The van der Waals surface area contributed by atoms with E-state index in [1.165, 1.54) is 6.20 Å². The lowest BCUT2D eigenvalue weighted by molar-refractivity contribution is 0.230. The molecule has 17 heavy (non-hydrogen) atoms. The molecule has 0 aliphatic carbocycles. The van der Waals surface area contributed by atoms with Crippen molar-refractivity contribution in [3.63, 3.8) is 0 Å². The predicted octanol–water partition coefficient (Wildman–Crippen LogP) is 1.99. The highest BCUT2D eigenvalue weighted by Gasteiger charge is 2.13. The molecule has 0 saturated carbocycles. The highest BCUT2D eigenvalue weighted by Crippen LogP contribution is 2.24. The van der Waals surface area contributed by atoms with Crippen molar-refractivity contribution in [2.45, 2.75) is 13.2 Å². The standard InChI is InChI=1S/C11H10F2N2O2/c12-9-3-7(5-14)4-10(13)11(9)16-6-8-1-2-15-17-8/h1-4H,5-6,14H2. The second-order valence-corrected chi connectivity index (χ2v) is 3.36. The summed E-state index contributed by atoms with van der Waals surface area (Å²) in [5.41, 5.74) is 5.66. The third-order valence-corrected chi connectivity index (χ3v) is 2.14. The SMILES string of the molecule is NCc1cc(F)c(OCc2ccno2)c(F)c1. The van der Waals surface area contributed by atoms with Gasteiger partial charge in [-0.25, -0.2) is 8.78 Å². The Morgan fingerprint density at radius 3 is 2.53 bits per heavy atom. The molecule has 0 aliphatic rings. The van der Waals surface area contributed by atoms with Crippen LogP contribution in [0.4, 0.5) is 8.78 Å². The highest BCUT2D eigenvalue weighted by molar-refractivity contribution is 5.31. The summed E-state index contributed by atoms with van der Waals surface area (Å²) >= 11 is 0. The fourth-order valence-corrected chi connectivity index (χ4v) is 1.33. The molecule has 1 aromatic carbocycles. The van der Waals surface area contributed by atoms with Crippen LogP contribution in [0, 0.1) is 11.6 Å². The van der Waals surface area contributed by atoms with Gasteiger partial charge in [-0.1, -0.05) is 5.16 Å². The molecular weight excluding hydrogens is 230 g/mol. The number of rotatable bonds is 4. The molecule has 2 N–H and O–H groups in total. The maximum atomic E-state index is 13.5. The van der Waals surface area contributed by atoms with Crippen LogP contribution in [0.25, 0.3) is 0 Å². The predicted molar refractivity (Wildman–Crippen MR) is 55.1 cm³/mol. The van der Waals surface area contributed by atoms with Gasteiger partial charge in [-0.2, -0.15) is 0 Å². The van der Waals surface area contributed by atoms with Crippen molar-refractivity contribution in [2.24, 2.45) is 5.73 Å². The number of aromatic nitrogens is 1. The van der Waals surface area contributed by atoms with E-state index >= 15 is 0 Å². The highest BCUT2D eigenvalue weighted by atomic mass is 19.1. The van der Waals surface area contributed by atoms with Crippen LogP contribution in [0.2, 0.25) is 0 Å². The first-order valence-electron chi connectivity index (χ1n) is 4.91. The van der Waals surface area contributed by atoms with E-state index in [2.05, 4.69) is 5.16 Å². The van der Waals surface area contributed by atoms with Crippen molar-refractivity contribution in [3.8, 4) is 5.75 Å². The molecule has 6 heteroatoms. The molecule has 0 aliphatic heterocycles. The van der Waals surface area contributed by atoms with Gasteiger partial charge in [0, 0.05) is 12.6 Å². The van der Waals surface area contributed by atoms with Crippen LogP contribution in [0.5, 0.6) is 5.75 Å². The number of benzene rings is 1. The first-order chi connectivity index (χ1) is 8.20. The fourth-order valence-electron chi connectivity index (χ4n) is 1.33. The summed E-state index contributed by atoms with van der Waals surface area (Å²) in [4.78, 5) is 0. The lowest BCUT2D eigenvalue weighted by Crippen LogP contribution is -2.03. The number of hydrogen-bond acceptors (Lipinski definition) is 4. The third kappa shape index (κ3) is 2.59. The average molecular weight is 240 g/mol. The van der Waals surface area contributed by atoms with Gasteiger partial charge in [0.1, 0.15) is 6.61 Å². The summed E-state index contributed by atoms with van der Waals surface area (Å²) in [5, 5.41) is 3.45. The van der Waals surface area contributed by atoms with Crippen molar-refractivity contribution in [1.82, 2.24) is 5.16 Å². The molecule has 0 fully saturated rings. The zero-order chi connectivity index (χ0) is 12.3. The van der Waals surface area contributed by atoms with Crippen LogP contribution in [-0.4, -0.2) is 5.16 Å². The van der Waals surface area contributed by atoms with Gasteiger partial charge >= 0.3 is 0 Å². The molecule has 0 amide bonds. The van der Waals surface area contributed by atoms with Gasteiger partial charge in [-0.15, -0.1) is 0 Å². The zero-order valence-electron chi connectivity index (χ0n) is 8.82. The van der Waals surface area contributed by atoms with Crippen LogP contribution in [0.15, 0.2) is 28.9 Å². The number of nitrogens with zero attached hydrogens (tertiary/aromatic N) is 1. The van der Waals surface area contributed by atoms with Gasteiger partial charge in [0.25, 0.3) is 0 Å². The molecule has 4 nitrogen and oxygen atoms in total. The Kier molecular flexibility index (Phi) is 3.34. The van der Waals surface area contributed by atoms with Crippen LogP contribution in [-0.2, 0) is 13.2 Å². The van der Waals surface area contributed by atoms with E-state index in [1.54, 1.807) is 6.07 Å². The minimum atomic E-state index is -0.787. The summed E-state index contributed by atoms with van der Waals surface area (Å²) in [5.74, 6) is -1.64. The van der Waals surface area contributed by atoms with Crippen molar-refractivity contribution in [2.75, 3.05) is 0 Å². The summed E-state index contributed by atoms with van der Waals surface area (Å²) < 4.78 is 36.6. The molecule has 0 atom stereocenters. The first-order valence-corrected chi connectivity index (χ1v) is 4.91. The lowest BCUT2D eigenvalue weighted by atomic mass is 10.2. The molecule has 0 bridgehead atoms. The van der Waals surface area contributed by atoms with Crippen molar-refractivity contribution < 1.29 is 18.0 Å². The molecule has 0 unspecified atom stereocenters. The van der Waals surface area contributed by atoms with Crippen LogP contribution in [0.3, 0.4) is 0 Å². The summed E-state index contributed by atoms with van der Waals surface area (Å²) in [6.45, 7) is -0.0218. The molecule has 90 valence electrons. The molecule has 2 rings (SSSR count). The van der Waals surface area contributed by atoms with Gasteiger partial charge in [0.05, 0.1) is 6.20 Å². The minimum absolute atomic E-state index is 0.0657. The smallest absolute Gasteiger partial charge is 0.191 e. The number of halogens is 2. The van der Waals surface area contributed by atoms with Gasteiger partial charge in [-0.05, 0) is 17.7 Å². The van der Waals surface area contributed by atoms with Crippen molar-refractivity contribution in [1.29, 1.82) is 0 Å². The molecule has 0 radical (unpaired) electrons. The number of ether oxygens (including phenoxy) is 1. The Morgan fingerprint density at radius 2 is 2.00 bits per heavy atom. The Hall–Kier alpha value is -1.95. The average Bonchev–Trinajstić information content (AvgIpc) is 2.80. The van der Waals surface area contributed by atoms with Gasteiger partial charge in [0.2, 0.25) is 0 Å². The van der Waals surface area contributed by atoms with E-state index in [1.807, 2.05) is 0 Å². The second kappa shape index (κ2) is 4.92. The van der Waals surface area contributed by atoms with Gasteiger partial charge in [-0.3, -0.25) is 0 Å². The molecule has 2 aromatic rings. The van der Waals surface area contributed by atoms with E-state index in [0.717, 1.165) is 12.1 Å². The van der Waals surface area contributed by atoms with Crippen LogP contribution < -0.4 is 10.5 Å². The summed E-state index contributed by atoms with van der Waals surface area (Å²) in [6, 6.07) is 3.82. The van der Waals surface area contributed by atoms with E-state index in [-0.39, 0.29) is 13.2 Å². The topological polar surface area (TPSA) is 61.3 Å². The number of nitrogens with two attached hydrogens (primary N) is 1. The monoisotopic (exact) mass is 240 g/mol. The van der Waals surface area contributed by atoms with E-state index < -0.39 is 17.4 Å². The Balaban J connectivity index is 2.15. The quantitative estimate of drug-likeness (QED) is 0.887. The third-order valence-electron chi connectivity index (χ3n) is 2.14. The first kappa shape index (κ1) is 11.5. The summed E-state index contributed by atoms with van der Waals surface area (Å²) in [6.07, 6.45) is 1.42. The Bertz CT molecular complexity index is 477. The van der Waals surface area contributed by atoms with Crippen molar-refractivity contribution >= 4 is 0 Å². The zero-order valence-corrected chi connectivity index (χ0v) is 8.82. The maximum absolute atomic E-state index is 13.5. The Morgan fingerprint density at radius 1 is 1.29 bits per heavy atom. The van der Waals surface area contributed by atoms with E-state index in [0.29, 0.717) is 11.3 Å². The lowest BCUT2D eigenvalue weighted by Gasteiger charge is -2.08. The summed E-state index contributed by atoms with van der Waals surface area (Å²) in [7, 11) is 0. The maximum Gasteiger partial charge on any atom is 0.191 e. The van der Waals surface area contributed by atoms with Gasteiger partial charge in [0.15, 0.2) is 23.1 Å². The van der Waals surface area contributed by atoms with Gasteiger partial charge < -0.3 is 15.0 Å².